The monoisotopic (exact) mass is 242 g/mol. The standard InChI is InChI=1S/C11H18N2O4/c14-9(5-6-11(16)17)12-7-1-2-10(15)13-8-3-4-8/h8H,1-7H2,(H,12,14)(H,13,15)(H,16,17). The predicted molar refractivity (Wildman–Crippen MR) is 60.3 cm³/mol. The average molecular weight is 242 g/mol. The summed E-state index contributed by atoms with van der Waals surface area (Å²) < 4.78 is 0. The van der Waals surface area contributed by atoms with Gasteiger partial charge in [-0.25, -0.2) is 0 Å². The van der Waals surface area contributed by atoms with Gasteiger partial charge >= 0.3 is 5.97 Å². The summed E-state index contributed by atoms with van der Waals surface area (Å²) in [5, 5.41) is 13.8. The predicted octanol–water partition coefficient (Wildman–Crippen LogP) is 0.0262. The molecule has 0 heterocycles. The van der Waals surface area contributed by atoms with E-state index in [1.165, 1.54) is 0 Å². The molecule has 17 heavy (non-hydrogen) atoms. The number of aliphatic carboxylic acids is 1. The summed E-state index contributed by atoms with van der Waals surface area (Å²) in [5.74, 6) is -1.24. The highest BCUT2D eigenvalue weighted by Crippen LogP contribution is 2.18. The van der Waals surface area contributed by atoms with Gasteiger partial charge in [-0.3, -0.25) is 14.4 Å². The molecule has 0 aliphatic heterocycles. The lowest BCUT2D eigenvalue weighted by molar-refractivity contribution is -0.138. The van der Waals surface area contributed by atoms with E-state index in [1.807, 2.05) is 0 Å². The Kier molecular flexibility index (Phi) is 5.45. The molecule has 1 saturated carbocycles. The summed E-state index contributed by atoms with van der Waals surface area (Å²) in [6.45, 7) is 0.413. The van der Waals surface area contributed by atoms with Crippen LogP contribution in [0.25, 0.3) is 0 Å². The zero-order chi connectivity index (χ0) is 12.7. The fraction of sp³-hybridized carbons (Fsp3) is 0.727. The van der Waals surface area contributed by atoms with Crippen LogP contribution in [0.5, 0.6) is 0 Å². The Hall–Kier alpha value is -1.59. The van der Waals surface area contributed by atoms with E-state index >= 15 is 0 Å². The molecule has 2 amide bonds. The second-order valence-corrected chi connectivity index (χ2v) is 4.19. The molecule has 1 aliphatic rings. The molecule has 0 saturated heterocycles. The third kappa shape index (κ3) is 7.32. The van der Waals surface area contributed by atoms with Crippen LogP contribution in [0.4, 0.5) is 0 Å². The van der Waals surface area contributed by atoms with Crippen molar-refractivity contribution >= 4 is 17.8 Å². The van der Waals surface area contributed by atoms with Crippen molar-refractivity contribution in [1.82, 2.24) is 10.6 Å². The van der Waals surface area contributed by atoms with Crippen LogP contribution in [-0.2, 0) is 14.4 Å². The van der Waals surface area contributed by atoms with E-state index in [9.17, 15) is 14.4 Å². The lowest BCUT2D eigenvalue weighted by atomic mass is 10.2. The molecule has 0 spiro atoms. The van der Waals surface area contributed by atoms with Crippen molar-refractivity contribution in [3.8, 4) is 0 Å². The lowest BCUT2D eigenvalue weighted by Gasteiger charge is -2.05. The molecule has 0 bridgehead atoms. The van der Waals surface area contributed by atoms with Gasteiger partial charge in [0, 0.05) is 25.4 Å². The van der Waals surface area contributed by atoms with E-state index in [0.717, 1.165) is 12.8 Å². The first-order chi connectivity index (χ1) is 8.08. The molecule has 3 N–H and O–H groups in total. The Balaban J connectivity index is 1.93. The Morgan fingerprint density at radius 1 is 1.06 bits per heavy atom. The van der Waals surface area contributed by atoms with Crippen molar-refractivity contribution in [2.75, 3.05) is 6.54 Å². The van der Waals surface area contributed by atoms with Crippen LogP contribution in [0.2, 0.25) is 0 Å². The van der Waals surface area contributed by atoms with E-state index in [1.54, 1.807) is 0 Å². The first-order valence-corrected chi connectivity index (χ1v) is 5.86. The molecule has 1 rings (SSSR count). The fourth-order valence-corrected chi connectivity index (χ4v) is 1.31. The number of carbonyl (C=O) groups is 3. The summed E-state index contributed by atoms with van der Waals surface area (Å²) in [6, 6.07) is 0.368. The fourth-order valence-electron chi connectivity index (χ4n) is 1.31. The Morgan fingerprint density at radius 3 is 2.35 bits per heavy atom. The van der Waals surface area contributed by atoms with Gasteiger partial charge in [0.1, 0.15) is 0 Å². The molecule has 1 aliphatic carbocycles. The van der Waals surface area contributed by atoms with Gasteiger partial charge in [-0.05, 0) is 19.3 Å². The molecule has 0 radical (unpaired) electrons. The third-order valence-corrected chi connectivity index (χ3v) is 2.41. The largest absolute Gasteiger partial charge is 0.481 e. The normalized spacial score (nSPS) is 14.1. The second kappa shape index (κ2) is 6.88. The van der Waals surface area contributed by atoms with Crippen molar-refractivity contribution in [1.29, 1.82) is 0 Å². The number of hydrogen-bond donors (Lipinski definition) is 3. The highest BCUT2D eigenvalue weighted by atomic mass is 16.4. The minimum atomic E-state index is -0.982. The highest BCUT2D eigenvalue weighted by Gasteiger charge is 2.22. The van der Waals surface area contributed by atoms with Gasteiger partial charge in [0.05, 0.1) is 6.42 Å². The molecule has 0 aromatic heterocycles. The maximum atomic E-state index is 11.3. The van der Waals surface area contributed by atoms with Crippen LogP contribution in [0.3, 0.4) is 0 Å². The van der Waals surface area contributed by atoms with Crippen LogP contribution in [0.15, 0.2) is 0 Å². The Bertz CT molecular complexity index is 300. The van der Waals surface area contributed by atoms with Crippen molar-refractivity contribution < 1.29 is 19.5 Å². The topological polar surface area (TPSA) is 95.5 Å². The van der Waals surface area contributed by atoms with Crippen LogP contribution < -0.4 is 10.6 Å². The number of amides is 2. The number of rotatable bonds is 8. The molecular formula is C11H18N2O4. The molecule has 0 atom stereocenters. The average Bonchev–Trinajstić information content (AvgIpc) is 3.05. The number of hydrogen-bond acceptors (Lipinski definition) is 3. The molecule has 0 unspecified atom stereocenters. The first kappa shape index (κ1) is 13.5. The van der Waals surface area contributed by atoms with Gasteiger partial charge in [0.2, 0.25) is 11.8 Å². The van der Waals surface area contributed by atoms with Crippen LogP contribution in [0.1, 0.15) is 38.5 Å². The molecule has 0 aromatic carbocycles. The van der Waals surface area contributed by atoms with Crippen LogP contribution >= 0.6 is 0 Å². The van der Waals surface area contributed by atoms with Gasteiger partial charge < -0.3 is 15.7 Å². The Labute approximate surface area is 99.8 Å². The third-order valence-electron chi connectivity index (χ3n) is 2.41. The van der Waals surface area contributed by atoms with Gasteiger partial charge in [-0.1, -0.05) is 0 Å². The number of carboxylic acids is 1. The SMILES string of the molecule is O=C(O)CCC(=O)NCCCC(=O)NC1CC1. The first-order valence-electron chi connectivity index (χ1n) is 5.86. The highest BCUT2D eigenvalue weighted by molar-refractivity contribution is 5.80. The van der Waals surface area contributed by atoms with Crippen molar-refractivity contribution in [2.24, 2.45) is 0 Å². The van der Waals surface area contributed by atoms with E-state index in [2.05, 4.69) is 10.6 Å². The molecule has 0 aromatic rings. The number of carbonyl (C=O) groups excluding carboxylic acids is 2. The zero-order valence-electron chi connectivity index (χ0n) is 9.70. The molecule has 96 valence electrons. The number of carboxylic acid groups (broad SMARTS) is 1. The maximum absolute atomic E-state index is 11.3. The molecule has 1 fully saturated rings. The van der Waals surface area contributed by atoms with Crippen LogP contribution in [0, 0.1) is 0 Å². The van der Waals surface area contributed by atoms with Crippen LogP contribution in [-0.4, -0.2) is 35.5 Å². The van der Waals surface area contributed by atoms with Gasteiger partial charge in [-0.2, -0.15) is 0 Å². The second-order valence-electron chi connectivity index (χ2n) is 4.19. The van der Waals surface area contributed by atoms with Gasteiger partial charge in [0.25, 0.3) is 0 Å². The van der Waals surface area contributed by atoms with Crippen molar-refractivity contribution in [2.45, 2.75) is 44.6 Å². The summed E-state index contributed by atoms with van der Waals surface area (Å²) in [7, 11) is 0. The summed E-state index contributed by atoms with van der Waals surface area (Å²) in [4.78, 5) is 32.6. The molecule has 6 heteroatoms. The Morgan fingerprint density at radius 2 is 1.76 bits per heavy atom. The summed E-state index contributed by atoms with van der Waals surface area (Å²) >= 11 is 0. The van der Waals surface area contributed by atoms with Gasteiger partial charge in [-0.15, -0.1) is 0 Å². The van der Waals surface area contributed by atoms with E-state index in [4.69, 9.17) is 5.11 Å². The quantitative estimate of drug-likeness (QED) is 0.523. The zero-order valence-corrected chi connectivity index (χ0v) is 9.70. The molecule has 6 nitrogen and oxygen atoms in total. The lowest BCUT2D eigenvalue weighted by Crippen LogP contribution is -2.28. The van der Waals surface area contributed by atoms with Crippen molar-refractivity contribution in [3.63, 3.8) is 0 Å². The minimum Gasteiger partial charge on any atom is -0.481 e. The minimum absolute atomic E-state index is 0.0103. The molecular weight excluding hydrogens is 224 g/mol. The van der Waals surface area contributed by atoms with E-state index in [-0.39, 0.29) is 24.7 Å². The summed E-state index contributed by atoms with van der Waals surface area (Å²) in [5.41, 5.74) is 0. The smallest absolute Gasteiger partial charge is 0.303 e. The van der Waals surface area contributed by atoms with E-state index < -0.39 is 5.97 Å². The van der Waals surface area contributed by atoms with E-state index in [0.29, 0.717) is 25.4 Å². The maximum Gasteiger partial charge on any atom is 0.303 e. The number of nitrogens with one attached hydrogen (secondary N) is 2. The summed E-state index contributed by atoms with van der Waals surface area (Å²) in [6.07, 6.45) is 2.94. The van der Waals surface area contributed by atoms with Gasteiger partial charge in [0.15, 0.2) is 0 Å². The van der Waals surface area contributed by atoms with Crippen molar-refractivity contribution in [3.05, 3.63) is 0 Å².